The summed E-state index contributed by atoms with van der Waals surface area (Å²) >= 11 is 12.5. The van der Waals surface area contributed by atoms with Crippen LogP contribution in [0.4, 0.5) is 5.69 Å². The van der Waals surface area contributed by atoms with Gasteiger partial charge in [-0.15, -0.1) is 0 Å². The van der Waals surface area contributed by atoms with Gasteiger partial charge in [-0.2, -0.15) is 0 Å². The molecular formula is C7H2Cl2INO3. The lowest BCUT2D eigenvalue weighted by molar-refractivity contribution is -0.386. The van der Waals surface area contributed by atoms with E-state index in [0.717, 1.165) is 0 Å². The average Bonchev–Trinajstić information content (AvgIpc) is 2.01. The summed E-state index contributed by atoms with van der Waals surface area (Å²) < 4.78 is 0.282. The van der Waals surface area contributed by atoms with Crippen LogP contribution >= 0.6 is 45.8 Å². The molecule has 1 aromatic rings. The number of carbonyl (C=O) groups is 1. The highest BCUT2D eigenvalue weighted by atomic mass is 127. The molecule has 0 aromatic heterocycles. The van der Waals surface area contributed by atoms with Crippen LogP contribution in [0.2, 0.25) is 5.02 Å². The van der Waals surface area contributed by atoms with Crippen molar-refractivity contribution in [3.63, 3.8) is 0 Å². The van der Waals surface area contributed by atoms with Gasteiger partial charge in [0, 0.05) is 5.02 Å². The molecule has 0 fully saturated rings. The zero-order chi connectivity index (χ0) is 10.9. The highest BCUT2D eigenvalue weighted by Crippen LogP contribution is 2.30. The molecule has 0 atom stereocenters. The third-order valence-electron chi connectivity index (χ3n) is 1.42. The van der Waals surface area contributed by atoms with Gasteiger partial charge in [0.1, 0.15) is 5.56 Å². The number of halogens is 3. The first-order chi connectivity index (χ1) is 6.43. The van der Waals surface area contributed by atoms with E-state index in [1.54, 1.807) is 22.6 Å². The van der Waals surface area contributed by atoms with Crippen LogP contribution < -0.4 is 0 Å². The van der Waals surface area contributed by atoms with E-state index in [0.29, 0.717) is 0 Å². The molecule has 14 heavy (non-hydrogen) atoms. The van der Waals surface area contributed by atoms with Crippen molar-refractivity contribution in [2.75, 3.05) is 0 Å². The summed E-state index contributed by atoms with van der Waals surface area (Å²) in [5.74, 6) is 0. The van der Waals surface area contributed by atoms with E-state index in [1.165, 1.54) is 12.1 Å². The topological polar surface area (TPSA) is 60.2 Å². The molecular weight excluding hydrogens is 344 g/mol. The van der Waals surface area contributed by atoms with E-state index in [9.17, 15) is 14.9 Å². The molecule has 0 radical (unpaired) electrons. The molecule has 0 N–H and O–H groups in total. The molecule has 0 spiro atoms. The van der Waals surface area contributed by atoms with Crippen LogP contribution in [0.15, 0.2) is 12.1 Å². The number of rotatable bonds is 2. The molecule has 74 valence electrons. The molecule has 0 saturated heterocycles. The predicted molar refractivity (Wildman–Crippen MR) is 61.0 cm³/mol. The Morgan fingerprint density at radius 3 is 2.50 bits per heavy atom. The Morgan fingerprint density at radius 2 is 2.07 bits per heavy atom. The van der Waals surface area contributed by atoms with Gasteiger partial charge in [-0.25, -0.2) is 0 Å². The standard InChI is InChI=1S/C7H2Cl2INO3/c8-3-1-4(7(9)12)6(11(13)14)5(10)2-3/h1-2H. The number of benzene rings is 1. The van der Waals surface area contributed by atoms with Crippen molar-refractivity contribution < 1.29 is 9.72 Å². The fourth-order valence-corrected chi connectivity index (χ4v) is 2.27. The number of nitro benzene ring substituents is 1. The van der Waals surface area contributed by atoms with E-state index in [4.69, 9.17) is 23.2 Å². The number of hydrogen-bond acceptors (Lipinski definition) is 3. The molecule has 4 nitrogen and oxygen atoms in total. The summed E-state index contributed by atoms with van der Waals surface area (Å²) in [6.45, 7) is 0. The quantitative estimate of drug-likeness (QED) is 0.358. The normalized spacial score (nSPS) is 9.93. The smallest absolute Gasteiger partial charge is 0.275 e. The van der Waals surface area contributed by atoms with Crippen LogP contribution in [0.1, 0.15) is 10.4 Å². The minimum Gasteiger partial charge on any atom is -0.275 e. The zero-order valence-electron chi connectivity index (χ0n) is 6.46. The number of hydrogen-bond donors (Lipinski definition) is 0. The third kappa shape index (κ3) is 2.34. The molecule has 0 unspecified atom stereocenters. The maximum absolute atomic E-state index is 10.9. The zero-order valence-corrected chi connectivity index (χ0v) is 10.1. The molecule has 1 aromatic carbocycles. The lowest BCUT2D eigenvalue weighted by Crippen LogP contribution is -2.00. The van der Waals surface area contributed by atoms with Crippen LogP contribution in [0.5, 0.6) is 0 Å². The number of carbonyl (C=O) groups excluding carboxylic acids is 1. The van der Waals surface area contributed by atoms with Crippen molar-refractivity contribution >= 4 is 56.7 Å². The van der Waals surface area contributed by atoms with Crippen molar-refractivity contribution in [2.45, 2.75) is 0 Å². The summed E-state index contributed by atoms with van der Waals surface area (Å²) in [4.78, 5) is 20.8. The fourth-order valence-electron chi connectivity index (χ4n) is 0.901. The molecule has 0 aliphatic rings. The largest absolute Gasteiger partial charge is 0.294 e. The fraction of sp³-hybridized carbons (Fsp3) is 0. The van der Waals surface area contributed by atoms with E-state index in [1.807, 2.05) is 0 Å². The molecule has 0 amide bonds. The Bertz CT molecular complexity index is 422. The molecule has 0 bridgehead atoms. The maximum Gasteiger partial charge on any atom is 0.294 e. The van der Waals surface area contributed by atoms with Crippen LogP contribution in [0.3, 0.4) is 0 Å². The molecule has 0 aliphatic heterocycles. The molecule has 1 rings (SSSR count). The van der Waals surface area contributed by atoms with E-state index < -0.39 is 10.2 Å². The van der Waals surface area contributed by atoms with Crippen LogP contribution in [0, 0.1) is 13.7 Å². The first-order valence-corrected chi connectivity index (χ1v) is 5.10. The maximum atomic E-state index is 10.9. The Balaban J connectivity index is 3.52. The first-order valence-electron chi connectivity index (χ1n) is 3.26. The van der Waals surface area contributed by atoms with Gasteiger partial charge in [-0.1, -0.05) is 11.6 Å². The Kier molecular flexibility index (Phi) is 3.68. The van der Waals surface area contributed by atoms with Gasteiger partial charge in [0.15, 0.2) is 0 Å². The lowest BCUT2D eigenvalue weighted by atomic mass is 10.2. The van der Waals surface area contributed by atoms with Gasteiger partial charge in [0.25, 0.3) is 10.9 Å². The Labute approximate surface area is 102 Å². The first kappa shape index (κ1) is 11.7. The monoisotopic (exact) mass is 345 g/mol. The van der Waals surface area contributed by atoms with Gasteiger partial charge in [0.05, 0.1) is 8.49 Å². The highest BCUT2D eigenvalue weighted by molar-refractivity contribution is 14.1. The van der Waals surface area contributed by atoms with Gasteiger partial charge in [0.2, 0.25) is 0 Å². The second kappa shape index (κ2) is 4.41. The number of nitrogens with zero attached hydrogens (tertiary/aromatic N) is 1. The second-order valence-corrected chi connectivity index (χ2v) is 4.26. The number of nitro groups is 1. The third-order valence-corrected chi connectivity index (χ3v) is 2.67. The Morgan fingerprint density at radius 1 is 1.50 bits per heavy atom. The predicted octanol–water partition coefficient (Wildman–Crippen LogP) is 3.23. The second-order valence-electron chi connectivity index (χ2n) is 2.31. The van der Waals surface area contributed by atoms with Crippen molar-refractivity contribution in [1.29, 1.82) is 0 Å². The summed E-state index contributed by atoms with van der Waals surface area (Å²) in [5.41, 5.74) is -0.497. The van der Waals surface area contributed by atoms with Gasteiger partial charge >= 0.3 is 0 Å². The summed E-state index contributed by atoms with van der Waals surface area (Å²) in [6, 6.07) is 2.57. The van der Waals surface area contributed by atoms with Gasteiger partial charge in [-0.05, 0) is 46.3 Å². The summed E-state index contributed by atoms with van der Waals surface area (Å²) in [6.07, 6.45) is 0. The molecule has 7 heteroatoms. The van der Waals surface area contributed by atoms with E-state index >= 15 is 0 Å². The van der Waals surface area contributed by atoms with Gasteiger partial charge in [-0.3, -0.25) is 14.9 Å². The van der Waals surface area contributed by atoms with E-state index in [-0.39, 0.29) is 19.8 Å². The SMILES string of the molecule is O=C(Cl)c1cc(Cl)cc(I)c1[N+](=O)[O-]. The van der Waals surface area contributed by atoms with Crippen molar-refractivity contribution in [3.8, 4) is 0 Å². The molecule has 0 saturated carbocycles. The van der Waals surface area contributed by atoms with Crippen molar-refractivity contribution in [2.24, 2.45) is 0 Å². The van der Waals surface area contributed by atoms with Crippen LogP contribution in [0.25, 0.3) is 0 Å². The molecule has 0 heterocycles. The van der Waals surface area contributed by atoms with Gasteiger partial charge < -0.3 is 0 Å². The molecule has 0 aliphatic carbocycles. The van der Waals surface area contributed by atoms with Crippen LogP contribution in [-0.4, -0.2) is 10.2 Å². The van der Waals surface area contributed by atoms with Crippen molar-refractivity contribution in [1.82, 2.24) is 0 Å². The average molecular weight is 346 g/mol. The van der Waals surface area contributed by atoms with E-state index in [2.05, 4.69) is 0 Å². The highest BCUT2D eigenvalue weighted by Gasteiger charge is 2.23. The Hall–Kier alpha value is -0.400. The summed E-state index contributed by atoms with van der Waals surface area (Å²) in [7, 11) is 0. The van der Waals surface area contributed by atoms with Crippen LogP contribution in [-0.2, 0) is 0 Å². The lowest BCUT2D eigenvalue weighted by Gasteiger charge is -2.00. The summed E-state index contributed by atoms with van der Waals surface area (Å²) in [5, 5.41) is 9.95. The minimum atomic E-state index is -0.892. The minimum absolute atomic E-state index is 0.187. The van der Waals surface area contributed by atoms with Crippen molar-refractivity contribution in [3.05, 3.63) is 36.4 Å².